The molecule has 3 rings (SSSR count). The van der Waals surface area contributed by atoms with Gasteiger partial charge in [-0.2, -0.15) is 17.0 Å². The van der Waals surface area contributed by atoms with E-state index in [1.807, 2.05) is 6.92 Å². The maximum Gasteiger partial charge on any atom is 0.282 e. The predicted molar refractivity (Wildman–Crippen MR) is 86.2 cm³/mol. The standard InChI is InChI=1S/C15H22N4O3S/c1-13-12-16-5-4-14(13)15(20)17-8-10-19(11-9-17)23(21,22)18-6-2-3-7-18/h4-5,12H,2-3,6-11H2,1H3. The first kappa shape index (κ1) is 16.4. The number of hydrogen-bond acceptors (Lipinski definition) is 4. The number of carbonyl (C=O) groups excluding carboxylic acids is 1. The van der Waals surface area contributed by atoms with Gasteiger partial charge in [0, 0.05) is 57.2 Å². The van der Waals surface area contributed by atoms with E-state index in [1.165, 1.54) is 4.31 Å². The highest BCUT2D eigenvalue weighted by molar-refractivity contribution is 7.86. The van der Waals surface area contributed by atoms with Crippen LogP contribution in [-0.2, 0) is 10.2 Å². The van der Waals surface area contributed by atoms with Crippen LogP contribution in [0, 0.1) is 6.92 Å². The quantitative estimate of drug-likeness (QED) is 0.804. The van der Waals surface area contributed by atoms with E-state index in [2.05, 4.69) is 4.98 Å². The second kappa shape index (κ2) is 6.54. The Balaban J connectivity index is 1.64. The second-order valence-electron chi connectivity index (χ2n) is 6.00. The molecule has 0 N–H and O–H groups in total. The first-order valence-electron chi connectivity index (χ1n) is 7.95. The summed E-state index contributed by atoms with van der Waals surface area (Å²) >= 11 is 0. The molecule has 1 amide bonds. The maximum atomic E-state index is 12.6. The summed E-state index contributed by atoms with van der Waals surface area (Å²) in [5.74, 6) is -0.0527. The summed E-state index contributed by atoms with van der Waals surface area (Å²) < 4.78 is 28.1. The molecule has 0 aromatic carbocycles. The van der Waals surface area contributed by atoms with E-state index in [1.54, 1.807) is 27.7 Å². The van der Waals surface area contributed by atoms with Crippen molar-refractivity contribution in [2.24, 2.45) is 0 Å². The van der Waals surface area contributed by atoms with Crippen molar-refractivity contribution in [1.82, 2.24) is 18.5 Å². The molecule has 2 fully saturated rings. The molecule has 0 aliphatic carbocycles. The molecule has 8 heteroatoms. The summed E-state index contributed by atoms with van der Waals surface area (Å²) in [7, 11) is -3.36. The van der Waals surface area contributed by atoms with Crippen LogP contribution in [0.5, 0.6) is 0 Å². The van der Waals surface area contributed by atoms with E-state index in [9.17, 15) is 13.2 Å². The molecule has 126 valence electrons. The van der Waals surface area contributed by atoms with Crippen molar-refractivity contribution in [2.45, 2.75) is 19.8 Å². The Morgan fingerprint density at radius 2 is 1.65 bits per heavy atom. The SMILES string of the molecule is Cc1cnccc1C(=O)N1CCN(S(=O)(=O)N2CCCC2)CC1. The molecule has 23 heavy (non-hydrogen) atoms. The minimum Gasteiger partial charge on any atom is -0.336 e. The lowest BCUT2D eigenvalue weighted by molar-refractivity contribution is 0.0693. The van der Waals surface area contributed by atoms with E-state index in [-0.39, 0.29) is 5.91 Å². The van der Waals surface area contributed by atoms with Crippen LogP contribution in [0.25, 0.3) is 0 Å². The number of nitrogens with zero attached hydrogens (tertiary/aromatic N) is 4. The number of hydrogen-bond donors (Lipinski definition) is 0. The molecule has 2 aliphatic rings. The van der Waals surface area contributed by atoms with Crippen LogP contribution in [0.1, 0.15) is 28.8 Å². The first-order chi connectivity index (χ1) is 11.0. The van der Waals surface area contributed by atoms with Gasteiger partial charge in [0.15, 0.2) is 0 Å². The molecule has 3 heterocycles. The van der Waals surface area contributed by atoms with Crippen molar-refractivity contribution in [3.63, 3.8) is 0 Å². The van der Waals surface area contributed by atoms with E-state index in [0.29, 0.717) is 44.8 Å². The molecule has 0 spiro atoms. The van der Waals surface area contributed by atoms with Crippen LogP contribution < -0.4 is 0 Å². The molecule has 7 nitrogen and oxygen atoms in total. The zero-order valence-corrected chi connectivity index (χ0v) is 14.1. The van der Waals surface area contributed by atoms with Gasteiger partial charge in [0.2, 0.25) is 0 Å². The van der Waals surface area contributed by atoms with Gasteiger partial charge >= 0.3 is 0 Å². The molecule has 0 radical (unpaired) electrons. The van der Waals surface area contributed by atoms with Crippen molar-refractivity contribution in [2.75, 3.05) is 39.3 Å². The van der Waals surface area contributed by atoms with Crippen LogP contribution >= 0.6 is 0 Å². The number of aromatic nitrogens is 1. The molecule has 0 atom stereocenters. The molecule has 2 aliphatic heterocycles. The lowest BCUT2D eigenvalue weighted by Gasteiger charge is -2.36. The summed E-state index contributed by atoms with van der Waals surface area (Å²) in [5.41, 5.74) is 1.47. The summed E-state index contributed by atoms with van der Waals surface area (Å²) in [6, 6.07) is 1.71. The Bertz CT molecular complexity index is 678. The van der Waals surface area contributed by atoms with Gasteiger partial charge in [0.25, 0.3) is 16.1 Å². The van der Waals surface area contributed by atoms with Gasteiger partial charge in [0.1, 0.15) is 0 Å². The zero-order valence-electron chi connectivity index (χ0n) is 13.3. The summed E-state index contributed by atoms with van der Waals surface area (Å²) in [5, 5.41) is 0. The predicted octanol–water partition coefficient (Wildman–Crippen LogP) is 0.488. The number of piperazine rings is 1. The molecule has 0 unspecified atom stereocenters. The van der Waals surface area contributed by atoms with Gasteiger partial charge in [-0.1, -0.05) is 0 Å². The van der Waals surface area contributed by atoms with Crippen LogP contribution in [0.15, 0.2) is 18.5 Å². The molecular weight excluding hydrogens is 316 g/mol. The molecule has 1 aromatic rings. The van der Waals surface area contributed by atoms with Gasteiger partial charge in [-0.15, -0.1) is 0 Å². The summed E-state index contributed by atoms with van der Waals surface area (Å²) in [6.07, 6.45) is 5.13. The van der Waals surface area contributed by atoms with Crippen molar-refractivity contribution < 1.29 is 13.2 Å². The largest absolute Gasteiger partial charge is 0.336 e. The van der Waals surface area contributed by atoms with E-state index in [0.717, 1.165) is 18.4 Å². The normalized spacial score (nSPS) is 20.8. The topological polar surface area (TPSA) is 73.8 Å². The second-order valence-corrected chi connectivity index (χ2v) is 7.92. The third-order valence-corrected chi connectivity index (χ3v) is 6.53. The zero-order chi connectivity index (χ0) is 16.4. The fourth-order valence-electron chi connectivity index (χ4n) is 3.09. The minimum atomic E-state index is -3.36. The first-order valence-corrected chi connectivity index (χ1v) is 9.35. The number of aryl methyl sites for hydroxylation is 1. The highest BCUT2D eigenvalue weighted by Crippen LogP contribution is 2.19. The van der Waals surface area contributed by atoms with Crippen LogP contribution in [-0.4, -0.2) is 72.1 Å². The van der Waals surface area contributed by atoms with Crippen molar-refractivity contribution in [1.29, 1.82) is 0 Å². The van der Waals surface area contributed by atoms with Gasteiger partial charge in [-0.25, -0.2) is 0 Å². The summed E-state index contributed by atoms with van der Waals surface area (Å²) in [6.45, 7) is 4.63. The van der Waals surface area contributed by atoms with Crippen LogP contribution in [0.3, 0.4) is 0 Å². The fourth-order valence-corrected chi connectivity index (χ4v) is 4.76. The number of rotatable bonds is 3. The molecule has 2 saturated heterocycles. The maximum absolute atomic E-state index is 12.6. The van der Waals surface area contributed by atoms with Crippen LogP contribution in [0.2, 0.25) is 0 Å². The Hall–Kier alpha value is -1.51. The lowest BCUT2D eigenvalue weighted by Crippen LogP contribution is -2.53. The van der Waals surface area contributed by atoms with Gasteiger partial charge in [-0.05, 0) is 31.4 Å². The number of carbonyl (C=O) groups is 1. The molecular formula is C15H22N4O3S. The monoisotopic (exact) mass is 338 g/mol. The van der Waals surface area contributed by atoms with Crippen molar-refractivity contribution in [3.8, 4) is 0 Å². The third kappa shape index (κ3) is 3.24. The highest BCUT2D eigenvalue weighted by atomic mass is 32.2. The average Bonchev–Trinajstić information content (AvgIpc) is 3.10. The smallest absolute Gasteiger partial charge is 0.282 e. The number of amides is 1. The lowest BCUT2D eigenvalue weighted by atomic mass is 10.1. The molecule has 0 saturated carbocycles. The van der Waals surface area contributed by atoms with E-state index >= 15 is 0 Å². The van der Waals surface area contributed by atoms with Gasteiger partial charge < -0.3 is 4.90 Å². The minimum absolute atomic E-state index is 0.0527. The van der Waals surface area contributed by atoms with Crippen molar-refractivity contribution >= 4 is 16.1 Å². The van der Waals surface area contributed by atoms with Crippen LogP contribution in [0.4, 0.5) is 0 Å². The molecule has 1 aromatic heterocycles. The average molecular weight is 338 g/mol. The molecule has 0 bridgehead atoms. The van der Waals surface area contributed by atoms with E-state index < -0.39 is 10.2 Å². The fraction of sp³-hybridized carbons (Fsp3) is 0.600. The number of pyridine rings is 1. The Labute approximate surface area is 137 Å². The summed E-state index contributed by atoms with van der Waals surface area (Å²) in [4.78, 5) is 18.3. The Kier molecular flexibility index (Phi) is 4.65. The van der Waals surface area contributed by atoms with E-state index in [4.69, 9.17) is 0 Å². The Morgan fingerprint density at radius 3 is 2.26 bits per heavy atom. The van der Waals surface area contributed by atoms with Gasteiger partial charge in [-0.3, -0.25) is 9.78 Å². The Morgan fingerprint density at radius 1 is 1.04 bits per heavy atom. The third-order valence-electron chi connectivity index (χ3n) is 4.49. The van der Waals surface area contributed by atoms with Crippen molar-refractivity contribution in [3.05, 3.63) is 29.6 Å². The highest BCUT2D eigenvalue weighted by Gasteiger charge is 2.34. The van der Waals surface area contributed by atoms with Gasteiger partial charge in [0.05, 0.1) is 0 Å².